The van der Waals surface area contributed by atoms with E-state index >= 15 is 0 Å². The van der Waals surface area contributed by atoms with Crippen LogP contribution in [0.2, 0.25) is 0 Å². The highest BCUT2D eigenvalue weighted by Crippen LogP contribution is 2.36. The van der Waals surface area contributed by atoms with Crippen molar-refractivity contribution in [3.05, 3.63) is 135 Å². The summed E-state index contributed by atoms with van der Waals surface area (Å²) in [5, 5.41) is 10.8. The number of carbonyl (C=O) groups excluding carboxylic acids is 1. The van der Waals surface area contributed by atoms with E-state index in [9.17, 15) is 13.6 Å². The second-order valence-corrected chi connectivity index (χ2v) is 19.8. The first-order valence-electron chi connectivity index (χ1n) is 22.5. The molecule has 1 atom stereocenters. The maximum Gasteiger partial charge on any atom is 0.425 e. The monoisotopic (exact) mass is 942 g/mol. The van der Waals surface area contributed by atoms with Crippen molar-refractivity contribution in [2.24, 2.45) is 5.73 Å². The predicted molar refractivity (Wildman–Crippen MR) is 261 cm³/mol. The number of pyridine rings is 2. The molecular formula is C49H52F2N12O2S2. The van der Waals surface area contributed by atoms with Gasteiger partial charge in [0.05, 0.1) is 52.4 Å². The number of thiazole rings is 2. The quantitative estimate of drug-likeness (QED) is 0.0898. The Morgan fingerprint density at radius 2 is 1.34 bits per heavy atom. The number of aromatic nitrogens is 6. The van der Waals surface area contributed by atoms with Gasteiger partial charge >= 0.3 is 6.09 Å². The average Bonchev–Trinajstić information content (AvgIpc) is 4.10. The highest BCUT2D eigenvalue weighted by atomic mass is 32.1. The molecule has 18 heteroatoms. The highest BCUT2D eigenvalue weighted by molar-refractivity contribution is 7.10. The molecule has 0 spiro atoms. The maximum atomic E-state index is 14.5. The molecular weight excluding hydrogens is 891 g/mol. The fraction of sp³-hybridized carbons (Fsp3) is 0.327. The second-order valence-electron chi connectivity index (χ2n) is 18.0. The number of rotatable bonds is 14. The molecule has 2 saturated heterocycles. The van der Waals surface area contributed by atoms with Gasteiger partial charge in [0.1, 0.15) is 50.4 Å². The molecule has 1 unspecified atom stereocenters. The number of nitrogens with one attached hydrogen (secondary N) is 2. The molecule has 1 amide bonds. The smallest absolute Gasteiger partial charge is 0.425 e. The van der Waals surface area contributed by atoms with Gasteiger partial charge in [-0.3, -0.25) is 8.80 Å². The number of benzene rings is 2. The summed E-state index contributed by atoms with van der Waals surface area (Å²) in [5.41, 5.74) is 18.5. The Hall–Kier alpha value is -6.47. The first-order chi connectivity index (χ1) is 32.3. The van der Waals surface area contributed by atoms with E-state index in [2.05, 4.69) is 67.7 Å². The molecule has 0 aliphatic carbocycles. The number of anilines is 3. The molecule has 2 aliphatic heterocycles. The number of hydrogen-bond donors (Lipinski definition) is 3. The van der Waals surface area contributed by atoms with E-state index in [4.69, 9.17) is 30.4 Å². The van der Waals surface area contributed by atoms with Gasteiger partial charge in [-0.05, 0) is 106 Å². The minimum Gasteiger partial charge on any atom is -0.443 e. The van der Waals surface area contributed by atoms with Crippen molar-refractivity contribution in [3.63, 3.8) is 0 Å². The van der Waals surface area contributed by atoms with E-state index in [1.807, 2.05) is 43.7 Å². The summed E-state index contributed by atoms with van der Waals surface area (Å²) in [5.74, 6) is 0.285. The molecule has 0 saturated carbocycles. The molecule has 6 aromatic heterocycles. The van der Waals surface area contributed by atoms with Gasteiger partial charge in [-0.15, -0.1) is 22.7 Å². The number of aryl methyl sites for hydroxylation is 2. The van der Waals surface area contributed by atoms with Gasteiger partial charge in [0, 0.05) is 66.5 Å². The lowest BCUT2D eigenvalue weighted by Crippen LogP contribution is -2.65. The summed E-state index contributed by atoms with van der Waals surface area (Å²) in [6.07, 6.45) is 5.03. The van der Waals surface area contributed by atoms with Gasteiger partial charge in [0.2, 0.25) is 0 Å². The standard InChI is InChI=1S/C49H52F2N12O2S2/c1-6-37-45(61-25-34(16-18-41(61)54-37)59-21-33(52)22-59)44(47-57-40(28-67-47)30-10-14-32(51)15-11-30)58-63(48(64)65-49(3,4)5)36-23-60(24-36)35-17-19-42-55-38(7-2)46(62(42)26-35)53-20-43-56-39(27-66-43)29-8-12-31(50)13-9-29/h8-19,25-28,33,36,44,53,58H,6-7,20-24,52H2,1-5H3. The molecule has 8 heterocycles. The van der Waals surface area contributed by atoms with E-state index in [0.717, 1.165) is 86.9 Å². The number of halogens is 2. The van der Waals surface area contributed by atoms with E-state index in [0.29, 0.717) is 36.8 Å². The minimum absolute atomic E-state index is 0.122. The van der Waals surface area contributed by atoms with Crippen molar-refractivity contribution in [2.45, 2.75) is 77.7 Å². The summed E-state index contributed by atoms with van der Waals surface area (Å²) in [4.78, 5) is 38.9. The number of nitrogens with two attached hydrogens (primary N) is 1. The van der Waals surface area contributed by atoms with Crippen LogP contribution in [0.5, 0.6) is 0 Å². The maximum absolute atomic E-state index is 14.5. The van der Waals surface area contributed by atoms with Crippen molar-refractivity contribution in [2.75, 3.05) is 41.3 Å². The third-order valence-corrected chi connectivity index (χ3v) is 13.8. The summed E-state index contributed by atoms with van der Waals surface area (Å²) < 4.78 is 37.9. The van der Waals surface area contributed by atoms with Crippen LogP contribution in [0, 0.1) is 11.6 Å². The molecule has 14 nitrogen and oxygen atoms in total. The molecule has 4 N–H and O–H groups in total. The topological polar surface area (TPSA) is 146 Å². The molecule has 346 valence electrons. The first-order valence-corrected chi connectivity index (χ1v) is 24.3. The summed E-state index contributed by atoms with van der Waals surface area (Å²) in [6.45, 7) is 12.8. The van der Waals surface area contributed by atoms with Crippen molar-refractivity contribution >= 4 is 57.3 Å². The van der Waals surface area contributed by atoms with Gasteiger partial charge in [0.25, 0.3) is 0 Å². The zero-order chi connectivity index (χ0) is 46.6. The third kappa shape index (κ3) is 9.05. The number of amides is 1. The lowest BCUT2D eigenvalue weighted by molar-refractivity contribution is -0.00570. The Morgan fingerprint density at radius 3 is 1.96 bits per heavy atom. The molecule has 2 fully saturated rings. The molecule has 67 heavy (non-hydrogen) atoms. The molecule has 8 aromatic rings. The van der Waals surface area contributed by atoms with Crippen molar-refractivity contribution in [1.29, 1.82) is 0 Å². The molecule has 10 rings (SSSR count). The number of carbonyl (C=O) groups is 1. The molecule has 2 aliphatic rings. The average molecular weight is 943 g/mol. The normalized spacial score (nSPS) is 15.0. The van der Waals surface area contributed by atoms with Crippen LogP contribution in [0.3, 0.4) is 0 Å². The Balaban J connectivity index is 0.955. The SMILES string of the molecule is CCc1nc2ccc(N3CC(N(NC(c4nc(-c5ccc(F)cc5)cs4)c4c(CC)nc5ccc(N6CC(N)C6)cn45)C(=O)OC(C)(C)C)C3)cn2c1NCc1nc(-c2ccc(F)cc2)cs1. The number of nitrogens with zero attached hydrogens (tertiary/aromatic N) is 9. The van der Waals surface area contributed by atoms with E-state index in [-0.39, 0.29) is 23.7 Å². The molecule has 0 radical (unpaired) electrons. The van der Waals surface area contributed by atoms with Crippen LogP contribution in [-0.4, -0.2) is 83.7 Å². The van der Waals surface area contributed by atoms with Crippen LogP contribution in [-0.2, 0) is 24.1 Å². The molecule has 2 aromatic carbocycles. The van der Waals surface area contributed by atoms with Crippen LogP contribution in [0.1, 0.15) is 67.8 Å². The van der Waals surface area contributed by atoms with Crippen LogP contribution in [0.15, 0.2) is 96.0 Å². The number of hydrogen-bond acceptors (Lipinski definition) is 13. The van der Waals surface area contributed by atoms with Gasteiger partial charge in [-0.2, -0.15) is 0 Å². The fourth-order valence-electron chi connectivity index (χ4n) is 8.58. The van der Waals surface area contributed by atoms with Gasteiger partial charge in [-0.25, -0.2) is 43.9 Å². The van der Waals surface area contributed by atoms with Gasteiger partial charge < -0.3 is 25.6 Å². The summed E-state index contributed by atoms with van der Waals surface area (Å²) in [7, 11) is 0. The van der Waals surface area contributed by atoms with E-state index < -0.39 is 17.7 Å². The van der Waals surface area contributed by atoms with Gasteiger partial charge in [0.15, 0.2) is 0 Å². The van der Waals surface area contributed by atoms with Crippen LogP contribution >= 0.6 is 22.7 Å². The highest BCUT2D eigenvalue weighted by Gasteiger charge is 2.40. The predicted octanol–water partition coefficient (Wildman–Crippen LogP) is 9.11. The third-order valence-electron chi connectivity index (χ3n) is 12.1. The summed E-state index contributed by atoms with van der Waals surface area (Å²) >= 11 is 3.01. The Bertz CT molecular complexity index is 3060. The number of hydrazine groups is 1. The summed E-state index contributed by atoms with van der Waals surface area (Å²) in [6, 6.07) is 20.0. The lowest BCUT2D eigenvalue weighted by Gasteiger charge is -2.47. The Labute approximate surface area is 395 Å². The lowest BCUT2D eigenvalue weighted by atomic mass is 10.1. The van der Waals surface area contributed by atoms with Crippen LogP contribution in [0.25, 0.3) is 33.8 Å². The Kier molecular flexibility index (Phi) is 11.9. The van der Waals surface area contributed by atoms with E-state index in [1.165, 1.54) is 35.6 Å². The minimum atomic E-state index is -0.772. The zero-order valence-electron chi connectivity index (χ0n) is 37.9. The van der Waals surface area contributed by atoms with E-state index in [1.54, 1.807) is 40.6 Å². The van der Waals surface area contributed by atoms with Crippen molar-refractivity contribution < 1.29 is 18.3 Å². The Morgan fingerprint density at radius 1 is 0.776 bits per heavy atom. The van der Waals surface area contributed by atoms with Crippen molar-refractivity contribution in [3.8, 4) is 22.5 Å². The van der Waals surface area contributed by atoms with Crippen LogP contribution in [0.4, 0.5) is 30.8 Å². The largest absolute Gasteiger partial charge is 0.443 e. The second kappa shape index (κ2) is 18.0. The van der Waals surface area contributed by atoms with Gasteiger partial charge in [-0.1, -0.05) is 13.8 Å². The first kappa shape index (κ1) is 44.4. The number of fused-ring (bicyclic) bond motifs is 2. The van der Waals surface area contributed by atoms with Crippen molar-refractivity contribution in [1.82, 2.24) is 39.2 Å². The fourth-order valence-corrected chi connectivity index (χ4v) is 10.2. The number of imidazole rings is 2. The zero-order valence-corrected chi connectivity index (χ0v) is 39.5. The number of ether oxygens (including phenoxy) is 1. The molecule has 0 bridgehead atoms. The van der Waals surface area contributed by atoms with Crippen LogP contribution < -0.4 is 26.3 Å².